The maximum Gasteiger partial charge on any atom is 0.149 e. The molecule has 0 spiro atoms. The smallest absolute Gasteiger partial charge is 0.149 e. The molecule has 76 valence electrons. The lowest BCUT2D eigenvalue weighted by Gasteiger charge is -2.17. The van der Waals surface area contributed by atoms with Gasteiger partial charge in [0.1, 0.15) is 11.6 Å². The molecule has 3 N–H and O–H groups in total. The van der Waals surface area contributed by atoms with Gasteiger partial charge >= 0.3 is 0 Å². The fourth-order valence-electron chi connectivity index (χ4n) is 1.80. The Bertz CT molecular complexity index is 318. The fraction of sp³-hybridized carbons (Fsp3) is 0.500. The molecule has 1 fully saturated rings. The molecule has 0 unspecified atom stereocenters. The van der Waals surface area contributed by atoms with Gasteiger partial charge in [0.2, 0.25) is 0 Å². The van der Waals surface area contributed by atoms with E-state index in [9.17, 15) is 0 Å². The van der Waals surface area contributed by atoms with Crippen molar-refractivity contribution in [3.63, 3.8) is 0 Å². The Morgan fingerprint density at radius 2 is 2.07 bits per heavy atom. The summed E-state index contributed by atoms with van der Waals surface area (Å²) in [6.07, 6.45) is 2.52. The lowest BCUT2D eigenvalue weighted by Crippen LogP contribution is -2.19. The molecule has 1 aromatic rings. The Labute approximate surface area is 84.1 Å². The van der Waals surface area contributed by atoms with Crippen LogP contribution in [0.15, 0.2) is 12.1 Å². The summed E-state index contributed by atoms with van der Waals surface area (Å²) in [5, 5.41) is 3.01. The number of nitrogens with one attached hydrogen (secondary N) is 1. The van der Waals surface area contributed by atoms with Crippen LogP contribution in [0.4, 0.5) is 17.3 Å². The highest BCUT2D eigenvalue weighted by molar-refractivity contribution is 5.64. The van der Waals surface area contributed by atoms with Gasteiger partial charge in [0.25, 0.3) is 0 Å². The molecule has 1 aliphatic rings. The van der Waals surface area contributed by atoms with E-state index in [1.165, 1.54) is 12.8 Å². The summed E-state index contributed by atoms with van der Waals surface area (Å²) in [7, 11) is 1.85. The Morgan fingerprint density at radius 1 is 1.36 bits per heavy atom. The first-order chi connectivity index (χ1) is 6.81. The summed E-state index contributed by atoms with van der Waals surface area (Å²) in [6.45, 7) is 2.21. The van der Waals surface area contributed by atoms with Crippen molar-refractivity contribution in [3.8, 4) is 0 Å². The number of aromatic nitrogens is 1. The molecule has 4 nitrogen and oxygen atoms in total. The molecule has 0 amide bonds. The normalized spacial score (nSPS) is 15.9. The molecule has 0 atom stereocenters. The highest BCUT2D eigenvalue weighted by Gasteiger charge is 2.13. The molecular formula is C10H16N4. The van der Waals surface area contributed by atoms with Crippen LogP contribution < -0.4 is 16.0 Å². The number of rotatable bonds is 2. The minimum atomic E-state index is 0.580. The minimum absolute atomic E-state index is 0.580. The highest BCUT2D eigenvalue weighted by atomic mass is 15.2. The zero-order valence-corrected chi connectivity index (χ0v) is 8.45. The third kappa shape index (κ3) is 1.60. The fourth-order valence-corrected chi connectivity index (χ4v) is 1.80. The van der Waals surface area contributed by atoms with Crippen molar-refractivity contribution in [3.05, 3.63) is 12.1 Å². The standard InChI is InChI=1S/C10H16N4/c1-12-8-4-5-9(13-10(8)11)14-6-2-3-7-14/h4-5,12H,2-3,6-7H2,1H3,(H2,11,13). The van der Waals surface area contributed by atoms with Crippen molar-refractivity contribution in [1.29, 1.82) is 0 Å². The van der Waals surface area contributed by atoms with Crippen LogP contribution in [0.3, 0.4) is 0 Å². The number of nitrogens with zero attached hydrogens (tertiary/aromatic N) is 2. The number of hydrogen-bond donors (Lipinski definition) is 2. The summed E-state index contributed by atoms with van der Waals surface area (Å²) in [6, 6.07) is 4.00. The molecule has 0 aromatic carbocycles. The topological polar surface area (TPSA) is 54.2 Å². The first-order valence-corrected chi connectivity index (χ1v) is 5.00. The van der Waals surface area contributed by atoms with Crippen LogP contribution in [-0.4, -0.2) is 25.1 Å². The quantitative estimate of drug-likeness (QED) is 0.741. The van der Waals surface area contributed by atoms with Crippen molar-refractivity contribution in [2.24, 2.45) is 0 Å². The largest absolute Gasteiger partial charge is 0.385 e. The van der Waals surface area contributed by atoms with Crippen molar-refractivity contribution >= 4 is 17.3 Å². The van der Waals surface area contributed by atoms with Gasteiger partial charge in [0.05, 0.1) is 5.69 Å². The average molecular weight is 192 g/mol. The molecule has 1 aromatic heterocycles. The number of anilines is 3. The van der Waals surface area contributed by atoms with Gasteiger partial charge in [-0.05, 0) is 25.0 Å². The average Bonchev–Trinajstić information content (AvgIpc) is 2.70. The van der Waals surface area contributed by atoms with Crippen LogP contribution in [0.5, 0.6) is 0 Å². The Morgan fingerprint density at radius 3 is 2.64 bits per heavy atom. The number of nitrogen functional groups attached to an aromatic ring is 1. The van der Waals surface area contributed by atoms with E-state index in [2.05, 4.69) is 15.2 Å². The molecule has 1 saturated heterocycles. The Balaban J connectivity index is 2.23. The lowest BCUT2D eigenvalue weighted by atomic mass is 10.3. The third-order valence-corrected chi connectivity index (χ3v) is 2.61. The zero-order valence-electron chi connectivity index (χ0n) is 8.45. The second kappa shape index (κ2) is 3.74. The van der Waals surface area contributed by atoms with Crippen LogP contribution in [0, 0.1) is 0 Å². The first kappa shape index (κ1) is 9.12. The van der Waals surface area contributed by atoms with Crippen LogP contribution in [0.25, 0.3) is 0 Å². The first-order valence-electron chi connectivity index (χ1n) is 5.00. The van der Waals surface area contributed by atoms with Crippen LogP contribution >= 0.6 is 0 Å². The van der Waals surface area contributed by atoms with E-state index in [1.807, 2.05) is 19.2 Å². The van der Waals surface area contributed by atoms with Gasteiger partial charge in [0, 0.05) is 20.1 Å². The maximum atomic E-state index is 5.80. The van der Waals surface area contributed by atoms with Gasteiger partial charge in [0.15, 0.2) is 0 Å². The predicted octanol–water partition coefficient (Wildman–Crippen LogP) is 1.31. The Kier molecular flexibility index (Phi) is 2.43. The zero-order chi connectivity index (χ0) is 9.97. The van der Waals surface area contributed by atoms with Gasteiger partial charge < -0.3 is 16.0 Å². The summed E-state index contributed by atoms with van der Waals surface area (Å²) in [5.74, 6) is 1.58. The summed E-state index contributed by atoms with van der Waals surface area (Å²) in [4.78, 5) is 6.64. The van der Waals surface area contributed by atoms with Crippen LogP contribution in [-0.2, 0) is 0 Å². The van der Waals surface area contributed by atoms with E-state index in [0.29, 0.717) is 5.82 Å². The van der Waals surface area contributed by atoms with E-state index < -0.39 is 0 Å². The molecule has 0 saturated carbocycles. The van der Waals surface area contributed by atoms with Gasteiger partial charge in [-0.3, -0.25) is 0 Å². The maximum absolute atomic E-state index is 5.80. The molecule has 14 heavy (non-hydrogen) atoms. The van der Waals surface area contributed by atoms with E-state index in [-0.39, 0.29) is 0 Å². The molecule has 0 bridgehead atoms. The number of pyridine rings is 1. The van der Waals surface area contributed by atoms with Gasteiger partial charge in [-0.15, -0.1) is 0 Å². The van der Waals surface area contributed by atoms with Gasteiger partial charge in [-0.1, -0.05) is 0 Å². The lowest BCUT2D eigenvalue weighted by molar-refractivity contribution is 0.940. The Hall–Kier alpha value is -1.45. The summed E-state index contributed by atoms with van der Waals surface area (Å²) >= 11 is 0. The molecule has 0 radical (unpaired) electrons. The monoisotopic (exact) mass is 192 g/mol. The molecule has 2 rings (SSSR count). The SMILES string of the molecule is CNc1ccc(N2CCCC2)nc1N. The van der Waals surface area contributed by atoms with E-state index >= 15 is 0 Å². The van der Waals surface area contributed by atoms with Crippen molar-refractivity contribution in [1.82, 2.24) is 4.98 Å². The second-order valence-electron chi connectivity index (χ2n) is 3.55. The second-order valence-corrected chi connectivity index (χ2v) is 3.55. The number of nitrogens with two attached hydrogens (primary N) is 1. The van der Waals surface area contributed by atoms with E-state index in [0.717, 1.165) is 24.6 Å². The van der Waals surface area contributed by atoms with Gasteiger partial charge in [-0.25, -0.2) is 4.98 Å². The van der Waals surface area contributed by atoms with E-state index in [1.54, 1.807) is 0 Å². The minimum Gasteiger partial charge on any atom is -0.385 e. The summed E-state index contributed by atoms with van der Waals surface area (Å²) in [5.41, 5.74) is 6.70. The van der Waals surface area contributed by atoms with Crippen LogP contribution in [0.2, 0.25) is 0 Å². The highest BCUT2D eigenvalue weighted by Crippen LogP contribution is 2.23. The van der Waals surface area contributed by atoms with Crippen molar-refractivity contribution in [2.45, 2.75) is 12.8 Å². The predicted molar refractivity (Wildman–Crippen MR) is 59.6 cm³/mol. The molecule has 0 aliphatic carbocycles. The molecular weight excluding hydrogens is 176 g/mol. The third-order valence-electron chi connectivity index (χ3n) is 2.61. The summed E-state index contributed by atoms with van der Waals surface area (Å²) < 4.78 is 0. The molecule has 1 aliphatic heterocycles. The van der Waals surface area contributed by atoms with Crippen molar-refractivity contribution in [2.75, 3.05) is 36.1 Å². The van der Waals surface area contributed by atoms with Crippen molar-refractivity contribution < 1.29 is 0 Å². The molecule has 4 heteroatoms. The molecule has 2 heterocycles. The van der Waals surface area contributed by atoms with Gasteiger partial charge in [-0.2, -0.15) is 0 Å². The van der Waals surface area contributed by atoms with Crippen LogP contribution in [0.1, 0.15) is 12.8 Å². The number of hydrogen-bond acceptors (Lipinski definition) is 4. The van der Waals surface area contributed by atoms with E-state index in [4.69, 9.17) is 5.73 Å².